The summed E-state index contributed by atoms with van der Waals surface area (Å²) in [4.78, 5) is 45.3. The molecule has 1 saturated heterocycles. The highest BCUT2D eigenvalue weighted by atomic mass is 35.5. The van der Waals surface area contributed by atoms with E-state index in [2.05, 4.69) is 27.8 Å². The zero-order valence-electron chi connectivity index (χ0n) is 23.3. The first kappa shape index (κ1) is 30.0. The van der Waals surface area contributed by atoms with Crippen LogP contribution in [0.4, 0.5) is 10.6 Å². The smallest absolute Gasteiger partial charge is 0.338 e. The lowest BCUT2D eigenvalue weighted by Gasteiger charge is -2.37. The number of urea groups is 1. The molecule has 1 aromatic heterocycles. The molecule has 1 saturated carbocycles. The molecule has 1 aromatic carbocycles. The summed E-state index contributed by atoms with van der Waals surface area (Å²) in [6.07, 6.45) is 7.95. The summed E-state index contributed by atoms with van der Waals surface area (Å²) in [6, 6.07) is 8.71. The minimum absolute atomic E-state index is 0. The summed E-state index contributed by atoms with van der Waals surface area (Å²) in [5, 5.41) is 6.51. The number of aryl methyl sites for hydroxylation is 1. The molecule has 2 heterocycles. The van der Waals surface area contributed by atoms with Crippen molar-refractivity contribution in [3.05, 3.63) is 52.1 Å². The standard InChI is InChI=1S/C28H40N8O3.ClH/c1-28(2,30)25(37)34-11-13-35(14-12-34)26(38)32-24-9-10-36(27(39)33-24)23-8-4-18-15-21(6-3-19(18)16-23)31-22-7-5-20(29)17-22;/h4,8-10,16,20-22,31H,3,5-7,11-15,17,29-30H2,1-2H3,(H,32,33,38,39);1H/t20-,21?,22+;/m0./s1. The van der Waals surface area contributed by atoms with E-state index in [1.807, 2.05) is 6.07 Å². The first-order valence-electron chi connectivity index (χ1n) is 13.9. The maximum atomic E-state index is 12.9. The zero-order chi connectivity index (χ0) is 27.7. The van der Waals surface area contributed by atoms with Crippen LogP contribution in [0, 0.1) is 0 Å². The molecule has 2 fully saturated rings. The zero-order valence-corrected chi connectivity index (χ0v) is 24.1. The van der Waals surface area contributed by atoms with Gasteiger partial charge in [0.25, 0.3) is 0 Å². The highest BCUT2D eigenvalue weighted by molar-refractivity contribution is 5.89. The number of hydrogen-bond acceptors (Lipinski definition) is 7. The van der Waals surface area contributed by atoms with Crippen LogP contribution in [0.3, 0.4) is 0 Å². The Balaban J connectivity index is 0.00000370. The van der Waals surface area contributed by atoms with Crippen LogP contribution < -0.4 is 27.8 Å². The average Bonchev–Trinajstić information content (AvgIpc) is 3.32. The lowest BCUT2D eigenvalue weighted by molar-refractivity contribution is -0.137. The van der Waals surface area contributed by atoms with Crippen LogP contribution in [0.2, 0.25) is 0 Å². The van der Waals surface area contributed by atoms with Gasteiger partial charge in [0.15, 0.2) is 0 Å². The van der Waals surface area contributed by atoms with Gasteiger partial charge in [-0.15, -0.1) is 12.4 Å². The predicted octanol–water partition coefficient (Wildman–Crippen LogP) is 1.39. The van der Waals surface area contributed by atoms with E-state index >= 15 is 0 Å². The van der Waals surface area contributed by atoms with Crippen LogP contribution in [-0.2, 0) is 17.6 Å². The number of halogens is 1. The summed E-state index contributed by atoms with van der Waals surface area (Å²) in [6.45, 7) is 4.92. The SMILES string of the molecule is CC(C)(N)C(=O)N1CCN(C(=O)Nc2ccn(-c3ccc4c(c3)CCC(N[C@@H]3CC[C@H](N)C3)C4)c(=O)n2)CC1.Cl. The molecule has 6 N–H and O–H groups in total. The lowest BCUT2D eigenvalue weighted by Crippen LogP contribution is -2.58. The Hall–Kier alpha value is -2.99. The fourth-order valence-electron chi connectivity index (χ4n) is 5.91. The van der Waals surface area contributed by atoms with E-state index in [4.69, 9.17) is 11.5 Å². The maximum absolute atomic E-state index is 12.9. The van der Waals surface area contributed by atoms with Crippen LogP contribution in [0.1, 0.15) is 50.7 Å². The molecule has 3 aliphatic rings. The van der Waals surface area contributed by atoms with Crippen molar-refractivity contribution in [2.45, 2.75) is 76.0 Å². The van der Waals surface area contributed by atoms with E-state index in [9.17, 15) is 14.4 Å². The number of aromatic nitrogens is 2. The molecule has 40 heavy (non-hydrogen) atoms. The molecule has 11 nitrogen and oxygen atoms in total. The molecule has 1 unspecified atom stereocenters. The fourth-order valence-corrected chi connectivity index (χ4v) is 5.91. The van der Waals surface area contributed by atoms with Gasteiger partial charge in [-0.2, -0.15) is 4.98 Å². The number of anilines is 1. The number of hydrogen-bond donors (Lipinski definition) is 4. The molecule has 12 heteroatoms. The highest BCUT2D eigenvalue weighted by Gasteiger charge is 2.31. The lowest BCUT2D eigenvalue weighted by atomic mass is 9.87. The first-order valence-corrected chi connectivity index (χ1v) is 13.9. The minimum Gasteiger partial charge on any atom is -0.338 e. The van der Waals surface area contributed by atoms with Crippen molar-refractivity contribution >= 4 is 30.2 Å². The summed E-state index contributed by atoms with van der Waals surface area (Å²) in [5.74, 6) is 0.0575. The largest absolute Gasteiger partial charge is 0.354 e. The Morgan fingerprint density at radius 1 is 1.00 bits per heavy atom. The summed E-state index contributed by atoms with van der Waals surface area (Å²) >= 11 is 0. The van der Waals surface area contributed by atoms with Gasteiger partial charge in [0.1, 0.15) is 5.82 Å². The third kappa shape index (κ3) is 6.83. The second kappa shape index (κ2) is 12.3. The molecule has 0 bridgehead atoms. The highest BCUT2D eigenvalue weighted by Crippen LogP contribution is 2.26. The molecule has 218 valence electrons. The number of benzene rings is 1. The molecule has 5 rings (SSSR count). The molecule has 3 atom stereocenters. The number of piperazine rings is 1. The van der Waals surface area contributed by atoms with Gasteiger partial charge in [-0.25, -0.2) is 9.59 Å². The Kier molecular flexibility index (Phi) is 9.19. The number of nitrogens with one attached hydrogen (secondary N) is 2. The Labute approximate surface area is 241 Å². The molecule has 3 amide bonds. The topological polar surface area (TPSA) is 152 Å². The minimum atomic E-state index is -0.944. The Bertz CT molecular complexity index is 1290. The van der Waals surface area contributed by atoms with Gasteiger partial charge >= 0.3 is 11.7 Å². The Morgan fingerprint density at radius 3 is 2.38 bits per heavy atom. The second-order valence-electron chi connectivity index (χ2n) is 11.7. The normalized spacial score (nSPS) is 22.9. The molecule has 2 aliphatic carbocycles. The average molecular weight is 573 g/mol. The molecule has 2 aromatic rings. The van der Waals surface area contributed by atoms with Crippen molar-refractivity contribution < 1.29 is 9.59 Å². The molecule has 0 spiro atoms. The number of rotatable bonds is 5. The number of nitrogens with two attached hydrogens (primary N) is 2. The van der Waals surface area contributed by atoms with Gasteiger partial charge in [0.05, 0.1) is 11.2 Å². The van der Waals surface area contributed by atoms with Gasteiger partial charge in [0.2, 0.25) is 5.91 Å². The van der Waals surface area contributed by atoms with Crippen molar-refractivity contribution in [2.75, 3.05) is 31.5 Å². The predicted molar refractivity (Wildman–Crippen MR) is 157 cm³/mol. The molecular weight excluding hydrogens is 532 g/mol. The van der Waals surface area contributed by atoms with Crippen LogP contribution in [0.5, 0.6) is 0 Å². The van der Waals surface area contributed by atoms with Gasteiger partial charge < -0.3 is 26.6 Å². The fraction of sp³-hybridized carbons (Fsp3) is 0.571. The van der Waals surface area contributed by atoms with Crippen molar-refractivity contribution in [2.24, 2.45) is 11.5 Å². The summed E-state index contributed by atoms with van der Waals surface area (Å²) in [7, 11) is 0. The van der Waals surface area contributed by atoms with Crippen molar-refractivity contribution in [1.82, 2.24) is 24.7 Å². The second-order valence-corrected chi connectivity index (χ2v) is 11.7. The van der Waals surface area contributed by atoms with E-state index in [0.717, 1.165) is 44.2 Å². The third-order valence-corrected chi connectivity index (χ3v) is 8.09. The summed E-state index contributed by atoms with van der Waals surface area (Å²) in [5.41, 5.74) is 13.9. The van der Waals surface area contributed by atoms with Crippen LogP contribution in [-0.4, -0.2) is 81.1 Å². The number of carbonyl (C=O) groups is 2. The molecule has 1 aliphatic heterocycles. The van der Waals surface area contributed by atoms with Crippen LogP contribution in [0.25, 0.3) is 5.69 Å². The van der Waals surface area contributed by atoms with Gasteiger partial charge in [0, 0.05) is 50.5 Å². The maximum Gasteiger partial charge on any atom is 0.354 e. The van der Waals surface area contributed by atoms with E-state index in [1.165, 1.54) is 15.7 Å². The third-order valence-electron chi connectivity index (χ3n) is 8.09. The number of carbonyl (C=O) groups excluding carboxylic acids is 2. The number of amides is 3. The van der Waals surface area contributed by atoms with E-state index < -0.39 is 11.2 Å². The van der Waals surface area contributed by atoms with Gasteiger partial charge in [-0.3, -0.25) is 14.7 Å². The van der Waals surface area contributed by atoms with Crippen LogP contribution in [0.15, 0.2) is 35.3 Å². The van der Waals surface area contributed by atoms with E-state index in [-0.39, 0.29) is 30.2 Å². The van der Waals surface area contributed by atoms with Crippen molar-refractivity contribution in [3.63, 3.8) is 0 Å². The van der Waals surface area contributed by atoms with Gasteiger partial charge in [-0.1, -0.05) is 6.07 Å². The van der Waals surface area contributed by atoms with Crippen molar-refractivity contribution in [3.8, 4) is 5.69 Å². The molecular formula is C28H41ClN8O3. The van der Waals surface area contributed by atoms with E-state index in [1.54, 1.807) is 35.9 Å². The summed E-state index contributed by atoms with van der Waals surface area (Å²) < 4.78 is 1.50. The molecule has 0 radical (unpaired) electrons. The van der Waals surface area contributed by atoms with E-state index in [0.29, 0.717) is 44.3 Å². The first-order chi connectivity index (χ1) is 18.6. The van der Waals surface area contributed by atoms with Crippen molar-refractivity contribution in [1.29, 1.82) is 0 Å². The van der Waals surface area contributed by atoms with Gasteiger partial charge in [-0.05, 0) is 81.7 Å². The number of nitrogens with zero attached hydrogens (tertiary/aromatic N) is 4. The number of fused-ring (bicyclic) bond motifs is 1. The Morgan fingerprint density at radius 2 is 1.73 bits per heavy atom. The quantitative estimate of drug-likeness (QED) is 0.422. The van der Waals surface area contributed by atoms with Crippen LogP contribution >= 0.6 is 12.4 Å². The monoisotopic (exact) mass is 572 g/mol.